The van der Waals surface area contributed by atoms with E-state index in [0.29, 0.717) is 24.4 Å². The SMILES string of the molecule is O=C(O)CCN1CCC2=NC(c3ccc(OCc4cccc(C(F)F)c4)cc3)NC=C2C1. The molecule has 2 aliphatic rings. The highest BCUT2D eigenvalue weighted by Crippen LogP contribution is 2.26. The highest BCUT2D eigenvalue weighted by Gasteiger charge is 2.24. The van der Waals surface area contributed by atoms with Gasteiger partial charge in [0.05, 0.1) is 6.42 Å². The zero-order chi connectivity index (χ0) is 22.5. The molecular weight excluding hydrogens is 416 g/mol. The molecule has 0 aliphatic carbocycles. The van der Waals surface area contributed by atoms with Crippen molar-refractivity contribution in [1.29, 1.82) is 0 Å². The second-order valence-corrected chi connectivity index (χ2v) is 7.89. The van der Waals surface area contributed by atoms with Crippen LogP contribution in [-0.2, 0) is 11.4 Å². The second kappa shape index (κ2) is 9.91. The number of alkyl halides is 2. The maximum absolute atomic E-state index is 12.8. The fourth-order valence-corrected chi connectivity index (χ4v) is 3.83. The van der Waals surface area contributed by atoms with Crippen molar-refractivity contribution in [2.24, 2.45) is 4.99 Å². The smallest absolute Gasteiger partial charge is 0.304 e. The first-order valence-electron chi connectivity index (χ1n) is 10.5. The first-order valence-corrected chi connectivity index (χ1v) is 10.5. The molecule has 1 atom stereocenters. The molecule has 2 aromatic rings. The van der Waals surface area contributed by atoms with Crippen molar-refractivity contribution in [3.63, 3.8) is 0 Å². The molecule has 0 bridgehead atoms. The number of piperidine rings is 1. The number of carboxylic acid groups (broad SMARTS) is 1. The zero-order valence-corrected chi connectivity index (χ0v) is 17.5. The van der Waals surface area contributed by atoms with Crippen LogP contribution in [0, 0.1) is 0 Å². The molecule has 1 fully saturated rings. The van der Waals surface area contributed by atoms with Crippen LogP contribution in [0.2, 0.25) is 0 Å². The van der Waals surface area contributed by atoms with E-state index in [0.717, 1.165) is 29.8 Å². The number of likely N-dealkylation sites (tertiary alicyclic amines) is 1. The number of ether oxygens (including phenoxy) is 1. The molecule has 0 spiro atoms. The summed E-state index contributed by atoms with van der Waals surface area (Å²) in [5, 5.41) is 12.2. The standard InChI is InChI=1S/C24H25F2N3O3/c25-23(26)18-3-1-2-16(12-18)15-32-20-6-4-17(5-7-20)24-27-13-19-14-29(11-9-22(30)31)10-8-21(19)28-24/h1-7,12-13,23-24,27H,8-11,14-15H2,(H,30,31). The van der Waals surface area contributed by atoms with E-state index in [4.69, 9.17) is 14.8 Å². The van der Waals surface area contributed by atoms with E-state index in [1.165, 1.54) is 12.1 Å². The molecule has 1 unspecified atom stereocenters. The number of nitrogens with one attached hydrogen (secondary N) is 1. The first kappa shape index (κ1) is 22.0. The van der Waals surface area contributed by atoms with Crippen LogP contribution in [-0.4, -0.2) is 41.3 Å². The minimum Gasteiger partial charge on any atom is -0.489 e. The van der Waals surface area contributed by atoms with Gasteiger partial charge in [-0.25, -0.2) is 8.78 Å². The first-order chi connectivity index (χ1) is 15.5. The normalized spacial score (nSPS) is 18.4. The van der Waals surface area contributed by atoms with Gasteiger partial charge in [0, 0.05) is 49.1 Å². The fraction of sp³-hybridized carbons (Fsp3) is 0.333. The number of halogens is 2. The largest absolute Gasteiger partial charge is 0.489 e. The highest BCUT2D eigenvalue weighted by atomic mass is 19.3. The molecule has 168 valence electrons. The van der Waals surface area contributed by atoms with Crippen molar-refractivity contribution in [1.82, 2.24) is 10.2 Å². The second-order valence-electron chi connectivity index (χ2n) is 7.89. The Labute approximate surface area is 185 Å². The molecule has 0 amide bonds. The summed E-state index contributed by atoms with van der Waals surface area (Å²) >= 11 is 0. The third-order valence-corrected chi connectivity index (χ3v) is 5.58. The third kappa shape index (κ3) is 5.50. The summed E-state index contributed by atoms with van der Waals surface area (Å²) < 4.78 is 31.4. The van der Waals surface area contributed by atoms with Crippen molar-refractivity contribution >= 4 is 11.7 Å². The molecule has 0 saturated carbocycles. The summed E-state index contributed by atoms with van der Waals surface area (Å²) in [5.74, 6) is -0.128. The van der Waals surface area contributed by atoms with Crippen LogP contribution in [0.4, 0.5) is 8.78 Å². The van der Waals surface area contributed by atoms with E-state index in [1.54, 1.807) is 12.1 Å². The highest BCUT2D eigenvalue weighted by molar-refractivity contribution is 6.02. The predicted octanol–water partition coefficient (Wildman–Crippen LogP) is 4.31. The summed E-state index contributed by atoms with van der Waals surface area (Å²) in [4.78, 5) is 17.8. The maximum atomic E-state index is 12.8. The molecule has 2 aromatic carbocycles. The van der Waals surface area contributed by atoms with Crippen LogP contribution in [0.3, 0.4) is 0 Å². The van der Waals surface area contributed by atoms with E-state index >= 15 is 0 Å². The number of carboxylic acids is 1. The molecule has 2 heterocycles. The molecule has 2 aliphatic heterocycles. The lowest BCUT2D eigenvalue weighted by molar-refractivity contribution is -0.137. The summed E-state index contributed by atoms with van der Waals surface area (Å²) in [6.07, 6.45) is 0.228. The number of rotatable bonds is 8. The Morgan fingerprint density at radius 2 is 2.06 bits per heavy atom. The Morgan fingerprint density at radius 3 is 2.81 bits per heavy atom. The van der Waals surface area contributed by atoms with Gasteiger partial charge in [0.25, 0.3) is 6.43 Å². The molecule has 32 heavy (non-hydrogen) atoms. The van der Waals surface area contributed by atoms with Gasteiger partial charge in [-0.1, -0.05) is 30.3 Å². The molecule has 4 rings (SSSR count). The van der Waals surface area contributed by atoms with Crippen LogP contribution in [0.25, 0.3) is 0 Å². The average Bonchev–Trinajstić information content (AvgIpc) is 2.81. The van der Waals surface area contributed by atoms with Crippen LogP contribution in [0.15, 0.2) is 65.3 Å². The van der Waals surface area contributed by atoms with E-state index in [1.807, 2.05) is 30.5 Å². The molecule has 0 radical (unpaired) electrons. The van der Waals surface area contributed by atoms with E-state index in [9.17, 15) is 13.6 Å². The molecule has 6 nitrogen and oxygen atoms in total. The van der Waals surface area contributed by atoms with Crippen molar-refractivity contribution in [3.05, 3.63) is 77.0 Å². The van der Waals surface area contributed by atoms with Gasteiger partial charge in [0.2, 0.25) is 0 Å². The Kier molecular flexibility index (Phi) is 6.80. The Bertz CT molecular complexity index is 1020. The summed E-state index contributed by atoms with van der Waals surface area (Å²) in [5.41, 5.74) is 3.83. The zero-order valence-electron chi connectivity index (χ0n) is 17.5. The topological polar surface area (TPSA) is 74.2 Å². The number of aliphatic carboxylic acids is 1. The Morgan fingerprint density at radius 1 is 1.25 bits per heavy atom. The van der Waals surface area contributed by atoms with Gasteiger partial charge in [-0.3, -0.25) is 14.7 Å². The van der Waals surface area contributed by atoms with Gasteiger partial charge in [0.15, 0.2) is 0 Å². The molecule has 0 aromatic heterocycles. The van der Waals surface area contributed by atoms with Gasteiger partial charge < -0.3 is 15.2 Å². The van der Waals surface area contributed by atoms with Crippen molar-refractivity contribution in [3.8, 4) is 5.75 Å². The summed E-state index contributed by atoms with van der Waals surface area (Å²) in [7, 11) is 0. The number of fused-ring (bicyclic) bond motifs is 1. The number of hydrogen-bond donors (Lipinski definition) is 2. The fourth-order valence-electron chi connectivity index (χ4n) is 3.83. The maximum Gasteiger partial charge on any atom is 0.304 e. The minimum absolute atomic E-state index is 0.0101. The van der Waals surface area contributed by atoms with Gasteiger partial charge >= 0.3 is 5.97 Å². The average molecular weight is 441 g/mol. The third-order valence-electron chi connectivity index (χ3n) is 5.58. The summed E-state index contributed by atoms with van der Waals surface area (Å²) in [6, 6.07) is 13.8. The molecular formula is C24H25F2N3O3. The van der Waals surface area contributed by atoms with Gasteiger partial charge in [0.1, 0.15) is 18.5 Å². The van der Waals surface area contributed by atoms with Crippen molar-refractivity contribution in [2.45, 2.75) is 32.0 Å². The van der Waals surface area contributed by atoms with E-state index in [-0.39, 0.29) is 24.8 Å². The van der Waals surface area contributed by atoms with Gasteiger partial charge in [-0.05, 0) is 29.3 Å². The Hall–Kier alpha value is -3.26. The van der Waals surface area contributed by atoms with Gasteiger partial charge in [-0.2, -0.15) is 0 Å². The molecule has 1 saturated heterocycles. The number of benzene rings is 2. The van der Waals surface area contributed by atoms with Crippen LogP contribution >= 0.6 is 0 Å². The van der Waals surface area contributed by atoms with Gasteiger partial charge in [-0.15, -0.1) is 0 Å². The minimum atomic E-state index is -2.50. The van der Waals surface area contributed by atoms with Crippen molar-refractivity contribution in [2.75, 3.05) is 19.6 Å². The lowest BCUT2D eigenvalue weighted by atomic mass is 10.0. The number of nitrogens with zero attached hydrogens (tertiary/aromatic N) is 2. The number of carbonyl (C=O) groups is 1. The number of aliphatic imine (C=N–C) groups is 1. The summed E-state index contributed by atoms with van der Waals surface area (Å²) in [6.45, 7) is 2.26. The Balaban J connectivity index is 1.33. The monoisotopic (exact) mass is 441 g/mol. The van der Waals surface area contributed by atoms with Crippen molar-refractivity contribution < 1.29 is 23.4 Å². The van der Waals surface area contributed by atoms with E-state index < -0.39 is 12.4 Å². The number of hydrogen-bond acceptors (Lipinski definition) is 5. The van der Waals surface area contributed by atoms with Crippen LogP contribution in [0.5, 0.6) is 5.75 Å². The lowest BCUT2D eigenvalue weighted by Crippen LogP contribution is -2.39. The predicted molar refractivity (Wildman–Crippen MR) is 117 cm³/mol. The lowest BCUT2D eigenvalue weighted by Gasteiger charge is -2.32. The van der Waals surface area contributed by atoms with Crippen LogP contribution < -0.4 is 10.1 Å². The molecule has 8 heteroatoms. The quantitative estimate of drug-likeness (QED) is 0.639. The molecule has 2 N–H and O–H groups in total. The van der Waals surface area contributed by atoms with E-state index in [2.05, 4.69) is 10.2 Å². The van der Waals surface area contributed by atoms with Crippen LogP contribution in [0.1, 0.15) is 42.1 Å².